The number of benzene rings is 1. The Morgan fingerprint density at radius 3 is 2.43 bits per heavy atom. The van der Waals surface area contributed by atoms with E-state index in [0.717, 1.165) is 23.3 Å². The number of thioether (sulfide) groups is 1. The molecule has 112 valence electrons. The zero-order valence-electron chi connectivity index (χ0n) is 11.9. The van der Waals surface area contributed by atoms with Gasteiger partial charge in [0.2, 0.25) is 5.91 Å². The number of amides is 1. The molecule has 0 aromatic heterocycles. The van der Waals surface area contributed by atoms with Crippen molar-refractivity contribution in [2.45, 2.75) is 30.2 Å². The minimum absolute atomic E-state index is 0.0632. The first-order chi connectivity index (χ1) is 10.1. The van der Waals surface area contributed by atoms with E-state index >= 15 is 0 Å². The number of hydrogen-bond donors (Lipinski definition) is 2. The molecule has 5 heteroatoms. The van der Waals surface area contributed by atoms with Gasteiger partial charge in [0.05, 0.1) is 12.5 Å². The van der Waals surface area contributed by atoms with E-state index in [1.807, 2.05) is 42.7 Å². The molecule has 0 aliphatic heterocycles. The Balaban J connectivity index is 2.09. The van der Waals surface area contributed by atoms with Gasteiger partial charge in [0.15, 0.2) is 0 Å². The van der Waals surface area contributed by atoms with Crippen molar-refractivity contribution < 1.29 is 14.7 Å². The second kappa shape index (κ2) is 7.31. The van der Waals surface area contributed by atoms with E-state index in [2.05, 4.69) is 5.32 Å². The van der Waals surface area contributed by atoms with Crippen LogP contribution in [-0.2, 0) is 9.59 Å². The van der Waals surface area contributed by atoms with Crippen LogP contribution in [0.15, 0.2) is 41.3 Å². The predicted octanol–water partition coefficient (Wildman–Crippen LogP) is 3.01. The maximum atomic E-state index is 12.2. The molecule has 1 aliphatic rings. The third-order valence-corrected chi connectivity index (χ3v) is 4.34. The normalized spacial score (nSPS) is 15.9. The van der Waals surface area contributed by atoms with Crippen molar-refractivity contribution in [2.24, 2.45) is 5.92 Å². The van der Waals surface area contributed by atoms with Gasteiger partial charge in [-0.15, -0.1) is 11.8 Å². The zero-order chi connectivity index (χ0) is 15.2. The highest BCUT2D eigenvalue weighted by Crippen LogP contribution is 2.24. The number of allylic oxidation sites excluding steroid dienone is 2. The number of carboxylic acid groups (broad SMARTS) is 1. The SMILES string of the molecule is CSc1ccc(C(CC(=O)O)NC(=O)C2CC=CC2)cc1. The molecule has 2 N–H and O–H groups in total. The summed E-state index contributed by atoms with van der Waals surface area (Å²) >= 11 is 1.63. The monoisotopic (exact) mass is 305 g/mol. The third kappa shape index (κ3) is 4.36. The van der Waals surface area contributed by atoms with Gasteiger partial charge in [0.25, 0.3) is 0 Å². The average Bonchev–Trinajstić information content (AvgIpc) is 3.00. The van der Waals surface area contributed by atoms with Crippen molar-refractivity contribution >= 4 is 23.6 Å². The summed E-state index contributed by atoms with van der Waals surface area (Å²) in [5.74, 6) is -1.05. The summed E-state index contributed by atoms with van der Waals surface area (Å²) in [7, 11) is 0. The van der Waals surface area contributed by atoms with E-state index in [9.17, 15) is 9.59 Å². The highest BCUT2D eigenvalue weighted by molar-refractivity contribution is 7.98. The minimum atomic E-state index is -0.918. The lowest BCUT2D eigenvalue weighted by atomic mass is 10.0. The van der Waals surface area contributed by atoms with Gasteiger partial charge in [-0.1, -0.05) is 24.3 Å². The first-order valence-corrected chi connectivity index (χ1v) is 8.13. The molecule has 1 aromatic rings. The maximum Gasteiger partial charge on any atom is 0.305 e. The van der Waals surface area contributed by atoms with Gasteiger partial charge in [-0.3, -0.25) is 9.59 Å². The summed E-state index contributed by atoms with van der Waals surface area (Å²) in [5, 5.41) is 11.9. The van der Waals surface area contributed by atoms with Crippen LogP contribution in [0, 0.1) is 5.92 Å². The summed E-state index contributed by atoms with van der Waals surface area (Å²) < 4.78 is 0. The number of hydrogen-bond acceptors (Lipinski definition) is 3. The van der Waals surface area contributed by atoms with Crippen LogP contribution < -0.4 is 5.32 Å². The van der Waals surface area contributed by atoms with E-state index in [4.69, 9.17) is 5.11 Å². The molecule has 1 aromatic carbocycles. The van der Waals surface area contributed by atoms with Crippen molar-refractivity contribution in [1.82, 2.24) is 5.32 Å². The van der Waals surface area contributed by atoms with Crippen molar-refractivity contribution in [3.05, 3.63) is 42.0 Å². The summed E-state index contributed by atoms with van der Waals surface area (Å²) in [4.78, 5) is 24.3. The Morgan fingerprint density at radius 1 is 1.29 bits per heavy atom. The van der Waals surface area contributed by atoms with E-state index in [1.54, 1.807) is 11.8 Å². The second-order valence-electron chi connectivity index (χ2n) is 5.07. The molecule has 1 unspecified atom stereocenters. The standard InChI is InChI=1S/C16H19NO3S/c1-21-13-8-6-11(7-9-13)14(10-15(18)19)17-16(20)12-4-2-3-5-12/h2-3,6-9,12,14H,4-5,10H2,1H3,(H,17,20)(H,18,19). The molecule has 0 saturated carbocycles. The van der Waals surface area contributed by atoms with Crippen LogP contribution in [-0.4, -0.2) is 23.2 Å². The fraction of sp³-hybridized carbons (Fsp3) is 0.375. The van der Waals surface area contributed by atoms with Crippen molar-refractivity contribution in [2.75, 3.05) is 6.26 Å². The number of carbonyl (C=O) groups is 2. The Labute approximate surface area is 128 Å². The van der Waals surface area contributed by atoms with Crippen LogP contribution in [0.5, 0.6) is 0 Å². The van der Waals surface area contributed by atoms with Gasteiger partial charge >= 0.3 is 5.97 Å². The Kier molecular flexibility index (Phi) is 5.44. The highest BCUT2D eigenvalue weighted by Gasteiger charge is 2.24. The minimum Gasteiger partial charge on any atom is -0.481 e. The quantitative estimate of drug-likeness (QED) is 0.626. The summed E-state index contributed by atoms with van der Waals surface area (Å²) in [6, 6.07) is 7.17. The molecule has 0 saturated heterocycles. The lowest BCUT2D eigenvalue weighted by Gasteiger charge is -2.20. The molecule has 4 nitrogen and oxygen atoms in total. The molecular weight excluding hydrogens is 286 g/mol. The second-order valence-corrected chi connectivity index (χ2v) is 5.95. The molecule has 1 amide bonds. The van der Waals surface area contributed by atoms with Crippen molar-refractivity contribution in [1.29, 1.82) is 0 Å². The van der Waals surface area contributed by atoms with Crippen LogP contribution in [0.25, 0.3) is 0 Å². The number of rotatable bonds is 6. The molecule has 1 atom stereocenters. The molecule has 0 spiro atoms. The predicted molar refractivity (Wildman–Crippen MR) is 83.2 cm³/mol. The van der Waals surface area contributed by atoms with E-state index in [0.29, 0.717) is 0 Å². The van der Waals surface area contributed by atoms with Gasteiger partial charge in [0.1, 0.15) is 0 Å². The molecule has 21 heavy (non-hydrogen) atoms. The van der Waals surface area contributed by atoms with Gasteiger partial charge in [-0.25, -0.2) is 0 Å². The molecule has 0 radical (unpaired) electrons. The lowest BCUT2D eigenvalue weighted by Crippen LogP contribution is -2.34. The number of carbonyl (C=O) groups excluding carboxylic acids is 1. The first-order valence-electron chi connectivity index (χ1n) is 6.91. The van der Waals surface area contributed by atoms with Gasteiger partial charge < -0.3 is 10.4 Å². The van der Waals surface area contributed by atoms with Crippen LogP contribution in [0.2, 0.25) is 0 Å². The molecule has 1 aliphatic carbocycles. The largest absolute Gasteiger partial charge is 0.481 e. The van der Waals surface area contributed by atoms with Crippen molar-refractivity contribution in [3.63, 3.8) is 0 Å². The topological polar surface area (TPSA) is 66.4 Å². The smallest absolute Gasteiger partial charge is 0.305 e. The van der Waals surface area contributed by atoms with E-state index < -0.39 is 12.0 Å². The Hall–Kier alpha value is -1.75. The number of nitrogens with one attached hydrogen (secondary N) is 1. The van der Waals surface area contributed by atoms with Crippen LogP contribution in [0.1, 0.15) is 30.9 Å². The highest BCUT2D eigenvalue weighted by atomic mass is 32.2. The lowest BCUT2D eigenvalue weighted by molar-refractivity contribution is -0.137. The maximum absolute atomic E-state index is 12.2. The Morgan fingerprint density at radius 2 is 1.90 bits per heavy atom. The third-order valence-electron chi connectivity index (χ3n) is 3.59. The van der Waals surface area contributed by atoms with Crippen LogP contribution in [0.4, 0.5) is 0 Å². The number of carboxylic acids is 1. The molecule has 0 bridgehead atoms. The molecule has 0 heterocycles. The Bertz CT molecular complexity index is 531. The van der Waals surface area contributed by atoms with E-state index in [-0.39, 0.29) is 18.2 Å². The van der Waals surface area contributed by atoms with E-state index in [1.165, 1.54) is 0 Å². The summed E-state index contributed by atoms with van der Waals surface area (Å²) in [6.45, 7) is 0. The van der Waals surface area contributed by atoms with Crippen LogP contribution >= 0.6 is 11.8 Å². The average molecular weight is 305 g/mol. The first kappa shape index (κ1) is 15.6. The fourth-order valence-electron chi connectivity index (χ4n) is 2.38. The van der Waals surface area contributed by atoms with Crippen molar-refractivity contribution in [3.8, 4) is 0 Å². The molecule has 2 rings (SSSR count). The zero-order valence-corrected chi connectivity index (χ0v) is 12.7. The summed E-state index contributed by atoms with van der Waals surface area (Å²) in [6.07, 6.45) is 7.32. The van der Waals surface area contributed by atoms with Gasteiger partial charge in [-0.2, -0.15) is 0 Å². The number of aliphatic carboxylic acids is 1. The van der Waals surface area contributed by atoms with Gasteiger partial charge in [0, 0.05) is 10.8 Å². The molecular formula is C16H19NO3S. The van der Waals surface area contributed by atoms with Gasteiger partial charge in [-0.05, 0) is 36.8 Å². The molecule has 0 fully saturated rings. The summed E-state index contributed by atoms with van der Waals surface area (Å²) in [5.41, 5.74) is 0.828. The fourth-order valence-corrected chi connectivity index (χ4v) is 2.79. The van der Waals surface area contributed by atoms with Crippen LogP contribution in [0.3, 0.4) is 0 Å².